The summed E-state index contributed by atoms with van der Waals surface area (Å²) in [6.07, 6.45) is 0. The van der Waals surface area contributed by atoms with Crippen molar-refractivity contribution < 1.29 is 9.66 Å². The van der Waals surface area contributed by atoms with Gasteiger partial charge in [-0.2, -0.15) is 0 Å². The first-order valence-corrected chi connectivity index (χ1v) is 5.38. The lowest BCUT2D eigenvalue weighted by Gasteiger charge is -2.17. The average molecular weight is 254 g/mol. The maximum atomic E-state index is 10.7. The van der Waals surface area contributed by atoms with Crippen LogP contribution in [-0.4, -0.2) is 29.1 Å². The van der Waals surface area contributed by atoms with Crippen molar-refractivity contribution in [1.29, 1.82) is 0 Å². The number of benzene rings is 1. The molecule has 0 aliphatic heterocycles. The highest BCUT2D eigenvalue weighted by molar-refractivity contribution is 7.80. The third-order valence-electron chi connectivity index (χ3n) is 2.21. The Labute approximate surface area is 105 Å². The molecule has 0 bridgehead atoms. The van der Waals surface area contributed by atoms with Crippen LogP contribution in [0.25, 0.3) is 0 Å². The molecule has 0 aliphatic rings. The molecule has 5 nitrogen and oxygen atoms in total. The normalized spacial score (nSPS) is 9.88. The van der Waals surface area contributed by atoms with Crippen LogP contribution in [0.1, 0.15) is 11.1 Å². The first-order chi connectivity index (χ1) is 7.82. The van der Waals surface area contributed by atoms with Gasteiger partial charge in [-0.3, -0.25) is 10.1 Å². The fourth-order valence-corrected chi connectivity index (χ4v) is 1.46. The Kier molecular flexibility index (Phi) is 4.01. The van der Waals surface area contributed by atoms with Crippen LogP contribution < -0.4 is 4.74 Å². The summed E-state index contributed by atoms with van der Waals surface area (Å²) in [5, 5.41) is 11.0. The summed E-state index contributed by atoms with van der Waals surface area (Å²) in [6.45, 7) is 3.52. The predicted octanol–water partition coefficient (Wildman–Crippen LogP) is 2.44. The van der Waals surface area contributed by atoms with Crippen molar-refractivity contribution in [2.45, 2.75) is 13.8 Å². The molecule has 0 unspecified atom stereocenters. The van der Waals surface area contributed by atoms with Gasteiger partial charge in [0.15, 0.2) is 0 Å². The number of nitro benzene ring substituents is 1. The van der Waals surface area contributed by atoms with Gasteiger partial charge in [0.2, 0.25) is 0 Å². The van der Waals surface area contributed by atoms with Crippen molar-refractivity contribution >= 4 is 23.1 Å². The highest BCUT2D eigenvalue weighted by Crippen LogP contribution is 2.28. The van der Waals surface area contributed by atoms with Crippen LogP contribution in [0.15, 0.2) is 12.1 Å². The van der Waals surface area contributed by atoms with E-state index in [2.05, 4.69) is 0 Å². The van der Waals surface area contributed by atoms with Crippen molar-refractivity contribution in [2.24, 2.45) is 0 Å². The molecule has 0 amide bonds. The van der Waals surface area contributed by atoms with Crippen LogP contribution in [0.5, 0.6) is 5.75 Å². The molecule has 0 N–H and O–H groups in total. The number of thiocarbonyl (C=S) groups is 1. The first kappa shape index (κ1) is 13.4. The van der Waals surface area contributed by atoms with Gasteiger partial charge in [0.05, 0.1) is 4.92 Å². The molecule has 0 saturated heterocycles. The van der Waals surface area contributed by atoms with Gasteiger partial charge in [0.25, 0.3) is 10.9 Å². The monoisotopic (exact) mass is 254 g/mol. The van der Waals surface area contributed by atoms with Crippen LogP contribution in [-0.2, 0) is 0 Å². The Bertz CT molecular complexity index is 449. The highest BCUT2D eigenvalue weighted by atomic mass is 32.1. The number of nitrogens with zero attached hydrogens (tertiary/aromatic N) is 2. The summed E-state index contributed by atoms with van der Waals surface area (Å²) in [6, 6.07) is 2.95. The number of hydrogen-bond donors (Lipinski definition) is 0. The average Bonchev–Trinajstić information content (AvgIpc) is 2.22. The van der Waals surface area contributed by atoms with E-state index in [0.717, 1.165) is 0 Å². The third-order valence-corrected chi connectivity index (χ3v) is 2.66. The van der Waals surface area contributed by atoms with Crippen molar-refractivity contribution in [1.82, 2.24) is 4.90 Å². The van der Waals surface area contributed by atoms with E-state index in [1.165, 1.54) is 12.1 Å². The molecule has 0 radical (unpaired) electrons. The fraction of sp³-hybridized carbons (Fsp3) is 0.364. The second kappa shape index (κ2) is 5.09. The Balaban J connectivity index is 3.10. The number of hydrogen-bond acceptors (Lipinski definition) is 4. The standard InChI is InChI=1S/C11H14N2O3S/c1-7-5-9(13(14)15)6-8(2)10(7)16-11(17)12(3)4/h5-6H,1-4H3. The van der Waals surface area contributed by atoms with E-state index < -0.39 is 4.92 Å². The second-order valence-corrected chi connectivity index (χ2v) is 4.28. The summed E-state index contributed by atoms with van der Waals surface area (Å²) in [4.78, 5) is 11.9. The molecular weight excluding hydrogens is 240 g/mol. The molecule has 0 aromatic heterocycles. The van der Waals surface area contributed by atoms with E-state index in [9.17, 15) is 10.1 Å². The minimum absolute atomic E-state index is 0.0584. The molecule has 1 rings (SSSR count). The van der Waals surface area contributed by atoms with E-state index in [1.54, 1.807) is 32.8 Å². The lowest BCUT2D eigenvalue weighted by molar-refractivity contribution is -0.385. The molecular formula is C11H14N2O3S. The van der Waals surface area contributed by atoms with Gasteiger partial charge < -0.3 is 9.64 Å². The van der Waals surface area contributed by atoms with Crippen LogP contribution in [0.2, 0.25) is 0 Å². The van der Waals surface area contributed by atoms with E-state index >= 15 is 0 Å². The molecule has 0 saturated carbocycles. The molecule has 0 spiro atoms. The Morgan fingerprint density at radius 3 is 2.18 bits per heavy atom. The van der Waals surface area contributed by atoms with Crippen molar-refractivity contribution in [3.8, 4) is 5.75 Å². The maximum absolute atomic E-state index is 10.7. The second-order valence-electron chi connectivity index (χ2n) is 3.93. The van der Waals surface area contributed by atoms with Crippen LogP contribution in [0, 0.1) is 24.0 Å². The van der Waals surface area contributed by atoms with Crippen LogP contribution in [0.3, 0.4) is 0 Å². The molecule has 17 heavy (non-hydrogen) atoms. The quantitative estimate of drug-likeness (QED) is 0.461. The topological polar surface area (TPSA) is 55.6 Å². The van der Waals surface area contributed by atoms with Gasteiger partial charge >= 0.3 is 0 Å². The summed E-state index contributed by atoms with van der Waals surface area (Å²) < 4.78 is 5.51. The van der Waals surface area contributed by atoms with Gasteiger partial charge in [-0.15, -0.1) is 0 Å². The Morgan fingerprint density at radius 1 is 1.35 bits per heavy atom. The molecule has 0 heterocycles. The van der Waals surface area contributed by atoms with E-state index in [1.807, 2.05) is 0 Å². The van der Waals surface area contributed by atoms with Gasteiger partial charge in [-0.1, -0.05) is 0 Å². The molecule has 92 valence electrons. The lowest BCUT2D eigenvalue weighted by atomic mass is 10.1. The number of aryl methyl sites for hydroxylation is 2. The lowest BCUT2D eigenvalue weighted by Crippen LogP contribution is -2.25. The number of rotatable bonds is 2. The molecule has 0 fully saturated rings. The van der Waals surface area contributed by atoms with Gasteiger partial charge in [0.1, 0.15) is 5.75 Å². The minimum Gasteiger partial charge on any atom is -0.431 e. The summed E-state index contributed by atoms with van der Waals surface area (Å²) in [7, 11) is 3.55. The zero-order valence-corrected chi connectivity index (χ0v) is 11.0. The molecule has 6 heteroatoms. The predicted molar refractivity (Wildman–Crippen MR) is 69.5 cm³/mol. The summed E-state index contributed by atoms with van der Waals surface area (Å²) in [5.74, 6) is 0.578. The zero-order chi connectivity index (χ0) is 13.2. The number of nitro groups is 1. The molecule has 0 aliphatic carbocycles. The maximum Gasteiger partial charge on any atom is 0.270 e. The third kappa shape index (κ3) is 3.13. The van der Waals surface area contributed by atoms with Crippen LogP contribution >= 0.6 is 12.2 Å². The molecule has 1 aromatic rings. The first-order valence-electron chi connectivity index (χ1n) is 4.97. The minimum atomic E-state index is -0.423. The zero-order valence-electron chi connectivity index (χ0n) is 10.2. The Morgan fingerprint density at radius 2 is 1.82 bits per heavy atom. The van der Waals surface area contributed by atoms with Gasteiger partial charge in [0, 0.05) is 26.2 Å². The Hall–Kier alpha value is -1.69. The number of non-ortho nitro benzene ring substituents is 1. The van der Waals surface area contributed by atoms with E-state index in [0.29, 0.717) is 22.1 Å². The van der Waals surface area contributed by atoms with E-state index in [4.69, 9.17) is 17.0 Å². The van der Waals surface area contributed by atoms with Crippen molar-refractivity contribution in [2.75, 3.05) is 14.1 Å². The summed E-state index contributed by atoms with van der Waals surface area (Å²) >= 11 is 5.03. The van der Waals surface area contributed by atoms with Crippen molar-refractivity contribution in [3.63, 3.8) is 0 Å². The molecule has 1 aromatic carbocycles. The molecule has 0 atom stereocenters. The van der Waals surface area contributed by atoms with E-state index in [-0.39, 0.29) is 5.69 Å². The van der Waals surface area contributed by atoms with Crippen molar-refractivity contribution in [3.05, 3.63) is 33.4 Å². The largest absolute Gasteiger partial charge is 0.431 e. The van der Waals surface area contributed by atoms with Gasteiger partial charge in [-0.05, 0) is 37.2 Å². The fourth-order valence-electron chi connectivity index (χ4n) is 1.37. The number of ether oxygens (including phenoxy) is 1. The smallest absolute Gasteiger partial charge is 0.270 e. The SMILES string of the molecule is Cc1cc([N+](=O)[O-])cc(C)c1OC(=S)N(C)C. The van der Waals surface area contributed by atoms with Crippen LogP contribution in [0.4, 0.5) is 5.69 Å². The summed E-state index contributed by atoms with van der Waals surface area (Å²) in [5.41, 5.74) is 1.45. The highest BCUT2D eigenvalue weighted by Gasteiger charge is 2.14. The van der Waals surface area contributed by atoms with Gasteiger partial charge in [-0.25, -0.2) is 0 Å².